The number of rotatable bonds is 3. The molecule has 1 atom stereocenters. The van der Waals surface area contributed by atoms with Crippen LogP contribution in [0.1, 0.15) is 56.6 Å². The standard InChI is InChI=1S/C18H21N7S/c1-3-13-17-23-20-9-24(17)15-11(2)21-16(14-8-19-10-26-14)22-18(15)25(13)12-6-4-5-7-12/h8-10,12-13H,3-7H2,1-2H3/t13-/m1/s1. The predicted molar refractivity (Wildman–Crippen MR) is 101 cm³/mol. The van der Waals surface area contributed by atoms with Crippen molar-refractivity contribution in [2.75, 3.05) is 4.90 Å². The molecule has 0 bridgehead atoms. The van der Waals surface area contributed by atoms with Crippen LogP contribution in [0, 0.1) is 6.92 Å². The van der Waals surface area contributed by atoms with E-state index in [9.17, 15) is 0 Å². The molecule has 0 N–H and O–H groups in total. The first kappa shape index (κ1) is 15.9. The number of hydrogen-bond donors (Lipinski definition) is 0. The maximum absolute atomic E-state index is 5.03. The molecule has 5 rings (SSSR count). The molecule has 0 saturated heterocycles. The van der Waals surface area contributed by atoms with Gasteiger partial charge in [-0.25, -0.2) is 9.97 Å². The summed E-state index contributed by atoms with van der Waals surface area (Å²) in [5.41, 5.74) is 3.81. The minimum Gasteiger partial charge on any atom is -0.341 e. The van der Waals surface area contributed by atoms with Crippen LogP contribution >= 0.6 is 11.3 Å². The molecule has 0 amide bonds. The van der Waals surface area contributed by atoms with Crippen molar-refractivity contribution in [2.45, 2.75) is 58.0 Å². The van der Waals surface area contributed by atoms with E-state index in [0.29, 0.717) is 6.04 Å². The van der Waals surface area contributed by atoms with Crippen LogP contribution in [0.5, 0.6) is 0 Å². The molecule has 7 nitrogen and oxygen atoms in total. The van der Waals surface area contributed by atoms with E-state index in [0.717, 1.165) is 40.1 Å². The van der Waals surface area contributed by atoms with Crippen molar-refractivity contribution in [1.82, 2.24) is 29.7 Å². The molecule has 8 heteroatoms. The number of aryl methyl sites for hydroxylation is 1. The van der Waals surface area contributed by atoms with Crippen molar-refractivity contribution in [3.05, 3.63) is 29.6 Å². The first-order valence-electron chi connectivity index (χ1n) is 9.24. The maximum atomic E-state index is 5.03. The number of thiazole rings is 1. The van der Waals surface area contributed by atoms with Crippen molar-refractivity contribution < 1.29 is 0 Å². The summed E-state index contributed by atoms with van der Waals surface area (Å²) in [4.78, 5) is 17.5. The highest BCUT2D eigenvalue weighted by Gasteiger charge is 2.39. The molecular formula is C18H21N7S. The van der Waals surface area contributed by atoms with Gasteiger partial charge in [0.1, 0.15) is 12.0 Å². The lowest BCUT2D eigenvalue weighted by Gasteiger charge is -2.41. The SMILES string of the molecule is CC[C@@H]1c2nncn2-c2c(C)nc(-c3cncs3)nc2N1C1CCCC1. The minimum absolute atomic E-state index is 0.205. The maximum Gasteiger partial charge on any atom is 0.173 e. The van der Waals surface area contributed by atoms with E-state index in [-0.39, 0.29) is 6.04 Å². The summed E-state index contributed by atoms with van der Waals surface area (Å²) in [5, 5.41) is 8.65. The number of aromatic nitrogens is 6. The summed E-state index contributed by atoms with van der Waals surface area (Å²) in [6, 6.07) is 0.712. The van der Waals surface area contributed by atoms with Crippen molar-refractivity contribution in [3.63, 3.8) is 0 Å². The van der Waals surface area contributed by atoms with Gasteiger partial charge in [0.15, 0.2) is 17.5 Å². The Morgan fingerprint density at radius 1 is 1.23 bits per heavy atom. The normalized spacial score (nSPS) is 19.6. The third-order valence-electron chi connectivity index (χ3n) is 5.49. The molecular weight excluding hydrogens is 346 g/mol. The fourth-order valence-electron chi connectivity index (χ4n) is 4.35. The molecule has 3 aromatic heterocycles. The van der Waals surface area contributed by atoms with E-state index >= 15 is 0 Å². The van der Waals surface area contributed by atoms with Gasteiger partial charge in [0, 0.05) is 12.2 Å². The van der Waals surface area contributed by atoms with Gasteiger partial charge < -0.3 is 4.90 Å². The molecule has 4 heterocycles. The van der Waals surface area contributed by atoms with Gasteiger partial charge in [-0.1, -0.05) is 19.8 Å². The first-order chi connectivity index (χ1) is 12.8. The molecule has 0 spiro atoms. The highest BCUT2D eigenvalue weighted by molar-refractivity contribution is 7.13. The molecule has 134 valence electrons. The van der Waals surface area contributed by atoms with Crippen LogP contribution < -0.4 is 4.90 Å². The van der Waals surface area contributed by atoms with Gasteiger partial charge >= 0.3 is 0 Å². The fraction of sp³-hybridized carbons (Fsp3) is 0.500. The van der Waals surface area contributed by atoms with Gasteiger partial charge in [0.2, 0.25) is 0 Å². The van der Waals surface area contributed by atoms with E-state index in [1.807, 2.05) is 18.6 Å². The van der Waals surface area contributed by atoms with Crippen LogP contribution in [0.3, 0.4) is 0 Å². The summed E-state index contributed by atoms with van der Waals surface area (Å²) in [6.07, 6.45) is 9.61. The van der Waals surface area contributed by atoms with Gasteiger partial charge in [-0.15, -0.1) is 21.5 Å². The molecule has 1 saturated carbocycles. The van der Waals surface area contributed by atoms with Gasteiger partial charge in [-0.3, -0.25) is 9.55 Å². The van der Waals surface area contributed by atoms with Crippen LogP contribution in [0.2, 0.25) is 0 Å². The van der Waals surface area contributed by atoms with Crippen molar-refractivity contribution in [1.29, 1.82) is 0 Å². The van der Waals surface area contributed by atoms with E-state index in [1.165, 1.54) is 25.7 Å². The third-order valence-corrected chi connectivity index (χ3v) is 6.26. The quantitative estimate of drug-likeness (QED) is 0.703. The molecule has 2 aliphatic rings. The summed E-state index contributed by atoms with van der Waals surface area (Å²) < 4.78 is 2.08. The van der Waals surface area contributed by atoms with Crippen LogP contribution in [0.15, 0.2) is 18.0 Å². The van der Waals surface area contributed by atoms with E-state index in [1.54, 1.807) is 17.7 Å². The minimum atomic E-state index is 0.205. The first-order valence-corrected chi connectivity index (χ1v) is 10.1. The number of hydrogen-bond acceptors (Lipinski definition) is 7. The van der Waals surface area contributed by atoms with Crippen molar-refractivity contribution in [3.8, 4) is 16.4 Å². The van der Waals surface area contributed by atoms with Crippen LogP contribution in [-0.2, 0) is 0 Å². The lowest BCUT2D eigenvalue weighted by atomic mass is 10.0. The van der Waals surface area contributed by atoms with Crippen LogP contribution in [0.4, 0.5) is 5.82 Å². The Kier molecular flexibility index (Phi) is 3.74. The zero-order valence-electron chi connectivity index (χ0n) is 15.0. The van der Waals surface area contributed by atoms with E-state index < -0.39 is 0 Å². The fourth-order valence-corrected chi connectivity index (χ4v) is 4.91. The summed E-state index contributed by atoms with van der Waals surface area (Å²) in [6.45, 7) is 4.27. The highest BCUT2D eigenvalue weighted by Crippen LogP contribution is 2.44. The van der Waals surface area contributed by atoms with E-state index in [2.05, 4.69) is 31.6 Å². The number of anilines is 1. The molecule has 1 fully saturated rings. The Hall–Kier alpha value is -2.35. The van der Waals surface area contributed by atoms with E-state index in [4.69, 9.17) is 9.97 Å². The lowest BCUT2D eigenvalue weighted by Crippen LogP contribution is -2.42. The van der Waals surface area contributed by atoms with Crippen molar-refractivity contribution in [2.24, 2.45) is 0 Å². The van der Waals surface area contributed by atoms with Crippen LogP contribution in [0.25, 0.3) is 16.4 Å². The zero-order valence-corrected chi connectivity index (χ0v) is 15.8. The zero-order chi connectivity index (χ0) is 17.7. The van der Waals surface area contributed by atoms with Gasteiger partial charge in [0.05, 0.1) is 22.1 Å². The monoisotopic (exact) mass is 367 g/mol. The average Bonchev–Trinajstić information content (AvgIpc) is 3.41. The number of nitrogens with zero attached hydrogens (tertiary/aromatic N) is 7. The molecule has 3 aromatic rings. The molecule has 1 aliphatic carbocycles. The summed E-state index contributed by atoms with van der Waals surface area (Å²) in [7, 11) is 0. The Morgan fingerprint density at radius 3 is 2.81 bits per heavy atom. The predicted octanol–water partition coefficient (Wildman–Crippen LogP) is 3.70. The second-order valence-electron chi connectivity index (χ2n) is 7.00. The lowest BCUT2D eigenvalue weighted by molar-refractivity contribution is 0.468. The highest BCUT2D eigenvalue weighted by atomic mass is 32.1. The number of fused-ring (bicyclic) bond motifs is 3. The Labute approximate surface area is 156 Å². The van der Waals surface area contributed by atoms with Gasteiger partial charge in [-0.05, 0) is 26.2 Å². The van der Waals surface area contributed by atoms with Crippen molar-refractivity contribution >= 4 is 17.2 Å². The molecule has 0 aromatic carbocycles. The smallest absolute Gasteiger partial charge is 0.173 e. The van der Waals surface area contributed by atoms with Gasteiger partial charge in [0.25, 0.3) is 0 Å². The Balaban J connectivity index is 1.75. The second kappa shape index (κ2) is 6.12. The topological polar surface area (TPSA) is 72.6 Å². The third kappa shape index (κ3) is 2.28. The average molecular weight is 367 g/mol. The Morgan fingerprint density at radius 2 is 2.08 bits per heavy atom. The second-order valence-corrected chi connectivity index (χ2v) is 7.89. The van der Waals surface area contributed by atoms with Gasteiger partial charge in [-0.2, -0.15) is 0 Å². The summed E-state index contributed by atoms with van der Waals surface area (Å²) in [5.74, 6) is 2.79. The molecule has 26 heavy (non-hydrogen) atoms. The molecule has 0 radical (unpaired) electrons. The van der Waals surface area contributed by atoms with Crippen LogP contribution in [-0.4, -0.2) is 35.8 Å². The summed E-state index contributed by atoms with van der Waals surface area (Å²) >= 11 is 1.58. The largest absolute Gasteiger partial charge is 0.341 e. The molecule has 1 aliphatic heterocycles. The Bertz CT molecular complexity index is 927. The molecule has 0 unspecified atom stereocenters.